The Hall–Kier alpha value is -3.65. The van der Waals surface area contributed by atoms with Crippen LogP contribution in [-0.2, 0) is 6.18 Å². The van der Waals surface area contributed by atoms with Crippen molar-refractivity contribution >= 4 is 22.9 Å². The fourth-order valence-corrected chi connectivity index (χ4v) is 2.21. The lowest BCUT2D eigenvalue weighted by Crippen LogP contribution is -2.08. The lowest BCUT2D eigenvalue weighted by molar-refractivity contribution is -0.141. The van der Waals surface area contributed by atoms with E-state index in [1.54, 1.807) is 6.07 Å². The second-order valence-electron chi connectivity index (χ2n) is 5.16. The standard InChI is InChI=1S/C16H9ClF3N7O/c17-11-6-10(22-8-9(7-21)15-24-26-27-25-15)4-5-12(11)28-14-3-1-2-13(23-14)16(18,19)20/h1-6,8,22H,(H,24,25,26,27). The van der Waals surface area contributed by atoms with Crippen LogP contribution in [0, 0.1) is 11.3 Å². The molecule has 12 heteroatoms. The number of aromatic amines is 1. The Bertz CT molecular complexity index is 1050. The van der Waals surface area contributed by atoms with E-state index in [-0.39, 0.29) is 28.0 Å². The molecule has 0 radical (unpaired) electrons. The van der Waals surface area contributed by atoms with Gasteiger partial charge in [-0.15, -0.1) is 10.2 Å². The molecule has 0 aliphatic heterocycles. The summed E-state index contributed by atoms with van der Waals surface area (Å²) in [5.41, 5.74) is -0.459. The number of H-pyrrole nitrogens is 1. The van der Waals surface area contributed by atoms with E-state index in [0.29, 0.717) is 5.69 Å². The van der Waals surface area contributed by atoms with Crippen LogP contribution in [0.2, 0.25) is 5.02 Å². The topological polar surface area (TPSA) is 112 Å². The Labute approximate surface area is 160 Å². The highest BCUT2D eigenvalue weighted by Gasteiger charge is 2.32. The van der Waals surface area contributed by atoms with E-state index in [9.17, 15) is 13.2 Å². The van der Waals surface area contributed by atoms with Crippen LogP contribution in [0.1, 0.15) is 11.5 Å². The molecule has 0 unspecified atom stereocenters. The number of nitrogens with zero attached hydrogens (tertiary/aromatic N) is 5. The van der Waals surface area contributed by atoms with Crippen molar-refractivity contribution in [3.63, 3.8) is 0 Å². The number of ether oxygens (including phenoxy) is 1. The molecule has 2 heterocycles. The number of alkyl halides is 3. The first-order valence-electron chi connectivity index (χ1n) is 7.49. The maximum Gasteiger partial charge on any atom is 0.433 e. The number of hydrogen-bond acceptors (Lipinski definition) is 7. The third-order valence-corrected chi connectivity index (χ3v) is 3.55. The molecule has 0 saturated heterocycles. The summed E-state index contributed by atoms with van der Waals surface area (Å²) in [4.78, 5) is 3.41. The number of tetrazole rings is 1. The van der Waals surface area contributed by atoms with Crippen LogP contribution in [0.3, 0.4) is 0 Å². The van der Waals surface area contributed by atoms with E-state index < -0.39 is 11.9 Å². The average Bonchev–Trinajstić information content (AvgIpc) is 3.18. The number of benzene rings is 1. The monoisotopic (exact) mass is 407 g/mol. The van der Waals surface area contributed by atoms with Crippen molar-refractivity contribution in [2.75, 3.05) is 5.32 Å². The Morgan fingerprint density at radius 3 is 2.75 bits per heavy atom. The van der Waals surface area contributed by atoms with E-state index in [1.165, 1.54) is 30.5 Å². The van der Waals surface area contributed by atoms with Gasteiger partial charge in [0.2, 0.25) is 11.7 Å². The fourth-order valence-electron chi connectivity index (χ4n) is 1.99. The van der Waals surface area contributed by atoms with E-state index in [4.69, 9.17) is 21.6 Å². The molecule has 0 spiro atoms. The molecule has 0 saturated carbocycles. The maximum absolute atomic E-state index is 12.7. The van der Waals surface area contributed by atoms with Crippen molar-refractivity contribution in [1.82, 2.24) is 25.6 Å². The zero-order chi connectivity index (χ0) is 20.1. The van der Waals surface area contributed by atoms with Gasteiger partial charge in [-0.25, -0.2) is 4.98 Å². The summed E-state index contributed by atoms with van der Waals surface area (Å²) < 4.78 is 43.5. The van der Waals surface area contributed by atoms with Crippen molar-refractivity contribution in [3.05, 3.63) is 59.1 Å². The van der Waals surface area contributed by atoms with Gasteiger partial charge in [-0.1, -0.05) is 17.7 Å². The molecule has 0 aliphatic carbocycles. The lowest BCUT2D eigenvalue weighted by Gasteiger charge is -2.11. The van der Waals surface area contributed by atoms with E-state index in [0.717, 1.165) is 6.07 Å². The molecule has 3 rings (SSSR count). The van der Waals surface area contributed by atoms with Crippen LogP contribution in [0.25, 0.3) is 5.57 Å². The summed E-state index contributed by atoms with van der Waals surface area (Å²) in [7, 11) is 0. The highest BCUT2D eigenvalue weighted by Crippen LogP contribution is 2.33. The minimum Gasteiger partial charge on any atom is -0.437 e. The lowest BCUT2D eigenvalue weighted by atomic mass is 10.2. The number of hydrogen-bond donors (Lipinski definition) is 2. The summed E-state index contributed by atoms with van der Waals surface area (Å²) in [5.74, 6) is -0.0282. The third kappa shape index (κ3) is 4.54. The minimum absolute atomic E-state index is 0.108. The molecule has 2 aromatic heterocycles. The number of aromatic nitrogens is 5. The first kappa shape index (κ1) is 19.1. The number of halogens is 4. The first-order chi connectivity index (χ1) is 13.4. The van der Waals surface area contributed by atoms with Gasteiger partial charge < -0.3 is 10.1 Å². The predicted octanol–water partition coefficient (Wildman–Crippen LogP) is 4.04. The van der Waals surface area contributed by atoms with Crippen LogP contribution < -0.4 is 10.1 Å². The molecular weight excluding hydrogens is 399 g/mol. The van der Waals surface area contributed by atoms with Crippen molar-refractivity contribution in [1.29, 1.82) is 5.26 Å². The molecule has 0 atom stereocenters. The smallest absolute Gasteiger partial charge is 0.433 e. The van der Waals surface area contributed by atoms with Gasteiger partial charge in [0.1, 0.15) is 23.1 Å². The van der Waals surface area contributed by atoms with Gasteiger partial charge in [-0.3, -0.25) is 0 Å². The molecule has 142 valence electrons. The molecule has 8 nitrogen and oxygen atoms in total. The normalized spacial score (nSPS) is 11.8. The van der Waals surface area contributed by atoms with Gasteiger partial charge in [0.15, 0.2) is 0 Å². The van der Waals surface area contributed by atoms with Crippen molar-refractivity contribution in [2.45, 2.75) is 6.18 Å². The predicted molar refractivity (Wildman–Crippen MR) is 92.2 cm³/mol. The van der Waals surface area contributed by atoms with E-state index >= 15 is 0 Å². The van der Waals surface area contributed by atoms with Gasteiger partial charge in [0.05, 0.1) is 5.02 Å². The Balaban J connectivity index is 1.75. The third-order valence-electron chi connectivity index (χ3n) is 3.25. The molecule has 1 aromatic carbocycles. The Morgan fingerprint density at radius 1 is 1.29 bits per heavy atom. The van der Waals surface area contributed by atoms with Gasteiger partial charge in [-0.05, 0) is 29.5 Å². The molecule has 0 bridgehead atoms. The van der Waals surface area contributed by atoms with Gasteiger partial charge in [-0.2, -0.15) is 23.6 Å². The van der Waals surface area contributed by atoms with Crippen LogP contribution in [0.5, 0.6) is 11.6 Å². The number of nitriles is 1. The second-order valence-corrected chi connectivity index (χ2v) is 5.56. The Kier molecular flexibility index (Phi) is 5.42. The summed E-state index contributed by atoms with van der Waals surface area (Å²) in [6, 6.07) is 9.67. The van der Waals surface area contributed by atoms with Crippen molar-refractivity contribution in [3.8, 4) is 17.7 Å². The second kappa shape index (κ2) is 7.93. The van der Waals surface area contributed by atoms with Crippen LogP contribution in [0.15, 0.2) is 42.6 Å². The summed E-state index contributed by atoms with van der Waals surface area (Å²) in [5, 5.41) is 25.0. The number of rotatable bonds is 5. The van der Waals surface area contributed by atoms with Crippen LogP contribution >= 0.6 is 11.6 Å². The zero-order valence-corrected chi connectivity index (χ0v) is 14.5. The molecular formula is C16H9ClF3N7O. The van der Waals surface area contributed by atoms with Crippen molar-refractivity contribution < 1.29 is 17.9 Å². The van der Waals surface area contributed by atoms with Crippen LogP contribution in [-0.4, -0.2) is 25.6 Å². The van der Waals surface area contributed by atoms with E-state index in [1.807, 2.05) is 6.07 Å². The Morgan fingerprint density at radius 2 is 2.11 bits per heavy atom. The van der Waals surface area contributed by atoms with Gasteiger partial charge in [0.25, 0.3) is 0 Å². The molecule has 3 aromatic rings. The quantitative estimate of drug-likeness (QED) is 0.614. The minimum atomic E-state index is -4.58. The average molecular weight is 408 g/mol. The van der Waals surface area contributed by atoms with E-state index in [2.05, 4.69) is 30.9 Å². The number of nitrogens with one attached hydrogen (secondary N) is 2. The number of anilines is 1. The number of pyridine rings is 1. The molecule has 0 aliphatic rings. The highest BCUT2D eigenvalue weighted by molar-refractivity contribution is 6.32. The zero-order valence-electron chi connectivity index (χ0n) is 13.7. The largest absolute Gasteiger partial charge is 0.437 e. The summed E-state index contributed by atoms with van der Waals surface area (Å²) >= 11 is 6.12. The van der Waals surface area contributed by atoms with Gasteiger partial charge >= 0.3 is 6.18 Å². The van der Waals surface area contributed by atoms with Crippen molar-refractivity contribution in [2.24, 2.45) is 0 Å². The summed E-state index contributed by atoms with van der Waals surface area (Å²) in [6.45, 7) is 0. The highest BCUT2D eigenvalue weighted by atomic mass is 35.5. The molecule has 0 fully saturated rings. The summed E-state index contributed by atoms with van der Waals surface area (Å²) in [6.07, 6.45) is -3.23. The molecule has 28 heavy (non-hydrogen) atoms. The van der Waals surface area contributed by atoms with Crippen LogP contribution in [0.4, 0.5) is 18.9 Å². The first-order valence-corrected chi connectivity index (χ1v) is 7.87. The fraction of sp³-hybridized carbons (Fsp3) is 0.0625. The number of allylic oxidation sites excluding steroid dienone is 1. The maximum atomic E-state index is 12.7. The SMILES string of the molecule is N#CC(=CNc1ccc(Oc2cccc(C(F)(F)F)n2)c(Cl)c1)c1nn[nH]n1. The molecule has 0 amide bonds. The molecule has 2 N–H and O–H groups in total. The van der Waals surface area contributed by atoms with Gasteiger partial charge in [0, 0.05) is 18.0 Å².